The number of likely N-dealkylation sites (N-methyl/N-ethyl adjacent to an activating group) is 1. The lowest BCUT2D eigenvalue weighted by Gasteiger charge is -2.54. The number of aromatic hydroxyl groups is 1. The van der Waals surface area contributed by atoms with E-state index in [1.807, 2.05) is 42.5 Å². The van der Waals surface area contributed by atoms with E-state index in [2.05, 4.69) is 36.5 Å². The molecule has 4 aromatic rings. The van der Waals surface area contributed by atoms with E-state index in [0.29, 0.717) is 13.1 Å². The number of phenols is 1. The standard InChI is InChI=1S/C34H35N5O4/c1-23-12-15-26(29-11-7-6-10-28(23)29)20-37-21-31-38(30(33(37)42)18-24-13-16-27(40)17-14-24)32(41)22-36(2)39(31)34(43)35-19-25-8-4-3-5-9-25/h3-17,30-31,40H,18-22H2,1-2H3,(H,35,43)/t30-,31-/m0/s1. The molecule has 43 heavy (non-hydrogen) atoms. The predicted molar refractivity (Wildman–Crippen MR) is 163 cm³/mol. The molecular weight excluding hydrogens is 542 g/mol. The zero-order chi connectivity index (χ0) is 30.1. The van der Waals surface area contributed by atoms with E-state index < -0.39 is 12.2 Å². The number of hydrogen-bond donors (Lipinski definition) is 2. The molecule has 2 atom stereocenters. The Morgan fingerprint density at radius 3 is 2.33 bits per heavy atom. The highest BCUT2D eigenvalue weighted by atomic mass is 16.3. The molecule has 2 fully saturated rings. The number of hydrazine groups is 1. The first-order valence-electron chi connectivity index (χ1n) is 14.5. The molecule has 4 aromatic carbocycles. The van der Waals surface area contributed by atoms with Gasteiger partial charge in [-0.3, -0.25) is 9.59 Å². The minimum absolute atomic E-state index is 0.0305. The first-order valence-corrected chi connectivity index (χ1v) is 14.5. The molecule has 2 heterocycles. The second-order valence-electron chi connectivity index (χ2n) is 11.3. The maximum atomic E-state index is 14.2. The first kappa shape index (κ1) is 28.2. The second kappa shape index (κ2) is 11.8. The highest BCUT2D eigenvalue weighted by molar-refractivity contribution is 5.93. The van der Waals surface area contributed by atoms with Gasteiger partial charge in [-0.1, -0.05) is 78.9 Å². The molecule has 2 aliphatic rings. The van der Waals surface area contributed by atoms with Crippen LogP contribution in [0.25, 0.3) is 10.8 Å². The Hall–Kier alpha value is -4.89. The summed E-state index contributed by atoms with van der Waals surface area (Å²) in [6, 6.07) is 27.4. The average molecular weight is 578 g/mol. The van der Waals surface area contributed by atoms with Crippen LogP contribution in [0.1, 0.15) is 22.3 Å². The van der Waals surface area contributed by atoms with Gasteiger partial charge in [0.1, 0.15) is 18.0 Å². The number of urea groups is 1. The Morgan fingerprint density at radius 1 is 0.884 bits per heavy atom. The molecule has 0 aromatic heterocycles. The van der Waals surface area contributed by atoms with Gasteiger partial charge >= 0.3 is 6.03 Å². The second-order valence-corrected chi connectivity index (χ2v) is 11.3. The number of amides is 4. The molecule has 6 rings (SSSR count). The SMILES string of the molecule is Cc1ccc(CN2C[C@H]3N(C(=O)CN(C)N3C(=O)NCc3ccccc3)[C@@H](Cc3ccc(O)cc3)C2=O)c2ccccc12. The number of carbonyl (C=O) groups excluding carboxylic acids is 3. The maximum Gasteiger partial charge on any atom is 0.334 e. The topological polar surface area (TPSA) is 96.4 Å². The summed E-state index contributed by atoms with van der Waals surface area (Å²) in [5, 5.41) is 18.2. The molecule has 0 saturated carbocycles. The molecule has 9 heteroatoms. The average Bonchev–Trinajstić information content (AvgIpc) is 3.01. The Bertz CT molecular complexity index is 1660. The molecule has 0 spiro atoms. The Labute approximate surface area is 250 Å². The number of benzene rings is 4. The van der Waals surface area contributed by atoms with Gasteiger partial charge in [0.05, 0.1) is 13.1 Å². The van der Waals surface area contributed by atoms with E-state index in [4.69, 9.17) is 0 Å². The summed E-state index contributed by atoms with van der Waals surface area (Å²) >= 11 is 0. The number of carbonyl (C=O) groups is 3. The van der Waals surface area contributed by atoms with Crippen molar-refractivity contribution in [3.8, 4) is 5.75 Å². The van der Waals surface area contributed by atoms with Crippen LogP contribution in [0.15, 0.2) is 91.0 Å². The smallest absolute Gasteiger partial charge is 0.334 e. The van der Waals surface area contributed by atoms with Crippen molar-refractivity contribution in [2.75, 3.05) is 20.1 Å². The number of fused-ring (bicyclic) bond motifs is 2. The number of aryl methyl sites for hydroxylation is 1. The van der Waals surface area contributed by atoms with E-state index in [1.54, 1.807) is 51.1 Å². The molecule has 2 aliphatic heterocycles. The van der Waals surface area contributed by atoms with Gasteiger partial charge in [-0.2, -0.15) is 0 Å². The third-order valence-electron chi connectivity index (χ3n) is 8.39. The van der Waals surface area contributed by atoms with Crippen LogP contribution < -0.4 is 5.32 Å². The van der Waals surface area contributed by atoms with Crippen molar-refractivity contribution in [3.05, 3.63) is 113 Å². The van der Waals surface area contributed by atoms with Crippen molar-refractivity contribution < 1.29 is 19.5 Å². The van der Waals surface area contributed by atoms with Gasteiger partial charge in [0.15, 0.2) is 0 Å². The summed E-state index contributed by atoms with van der Waals surface area (Å²) in [5.74, 6) is -0.255. The van der Waals surface area contributed by atoms with Crippen LogP contribution in [-0.2, 0) is 29.1 Å². The van der Waals surface area contributed by atoms with Crippen molar-refractivity contribution in [2.45, 2.75) is 38.6 Å². The maximum absolute atomic E-state index is 14.2. The van der Waals surface area contributed by atoms with Gasteiger partial charge in [0.25, 0.3) is 0 Å². The summed E-state index contributed by atoms with van der Waals surface area (Å²) in [4.78, 5) is 44.9. The van der Waals surface area contributed by atoms with Crippen LogP contribution >= 0.6 is 0 Å². The zero-order valence-electron chi connectivity index (χ0n) is 24.3. The summed E-state index contributed by atoms with van der Waals surface area (Å²) in [6.45, 7) is 2.88. The van der Waals surface area contributed by atoms with Gasteiger partial charge in [-0.05, 0) is 52.1 Å². The monoisotopic (exact) mass is 577 g/mol. The van der Waals surface area contributed by atoms with Crippen molar-refractivity contribution in [1.29, 1.82) is 0 Å². The Balaban J connectivity index is 1.35. The summed E-state index contributed by atoms with van der Waals surface area (Å²) in [7, 11) is 1.72. The van der Waals surface area contributed by atoms with E-state index in [9.17, 15) is 19.5 Å². The number of piperazine rings is 1. The minimum atomic E-state index is -0.814. The number of hydrogen-bond acceptors (Lipinski definition) is 5. The lowest BCUT2D eigenvalue weighted by Crippen LogP contribution is -2.76. The normalized spacial score (nSPS) is 19.1. The number of nitrogens with one attached hydrogen (secondary N) is 1. The van der Waals surface area contributed by atoms with Gasteiger partial charge in [-0.15, -0.1) is 0 Å². The fourth-order valence-corrected chi connectivity index (χ4v) is 6.21. The number of phenolic OH excluding ortho intramolecular Hbond substituents is 1. The van der Waals surface area contributed by atoms with Gasteiger partial charge in [0, 0.05) is 26.6 Å². The van der Waals surface area contributed by atoms with Gasteiger partial charge in [0.2, 0.25) is 11.8 Å². The fourth-order valence-electron chi connectivity index (χ4n) is 6.21. The van der Waals surface area contributed by atoms with Crippen molar-refractivity contribution in [3.63, 3.8) is 0 Å². The summed E-state index contributed by atoms with van der Waals surface area (Å²) in [5.41, 5.74) is 3.92. The van der Waals surface area contributed by atoms with Crippen molar-refractivity contribution >= 4 is 28.6 Å². The minimum Gasteiger partial charge on any atom is -0.508 e. The third-order valence-corrected chi connectivity index (χ3v) is 8.39. The van der Waals surface area contributed by atoms with Crippen molar-refractivity contribution in [1.82, 2.24) is 25.1 Å². The highest BCUT2D eigenvalue weighted by Crippen LogP contribution is 2.31. The van der Waals surface area contributed by atoms with Crippen LogP contribution in [0.2, 0.25) is 0 Å². The van der Waals surface area contributed by atoms with Gasteiger partial charge in [-0.25, -0.2) is 14.8 Å². The van der Waals surface area contributed by atoms with E-state index in [-0.39, 0.29) is 43.1 Å². The van der Waals surface area contributed by atoms with Crippen LogP contribution in [-0.4, -0.2) is 75.1 Å². The van der Waals surface area contributed by atoms with Crippen LogP contribution in [0.4, 0.5) is 4.79 Å². The molecule has 2 N–H and O–H groups in total. The van der Waals surface area contributed by atoms with Crippen LogP contribution in [0, 0.1) is 6.92 Å². The lowest BCUT2D eigenvalue weighted by molar-refractivity contribution is -0.187. The van der Waals surface area contributed by atoms with E-state index in [1.165, 1.54) is 0 Å². The van der Waals surface area contributed by atoms with E-state index >= 15 is 0 Å². The Morgan fingerprint density at radius 2 is 1.58 bits per heavy atom. The predicted octanol–water partition coefficient (Wildman–Crippen LogP) is 4.03. The molecule has 0 radical (unpaired) electrons. The van der Waals surface area contributed by atoms with Crippen molar-refractivity contribution in [2.24, 2.45) is 0 Å². The van der Waals surface area contributed by atoms with E-state index in [0.717, 1.165) is 33.0 Å². The van der Waals surface area contributed by atoms with Crippen LogP contribution in [0.3, 0.4) is 0 Å². The largest absolute Gasteiger partial charge is 0.508 e. The lowest BCUT2D eigenvalue weighted by atomic mass is 9.96. The summed E-state index contributed by atoms with van der Waals surface area (Å²) < 4.78 is 0. The fraction of sp³-hybridized carbons (Fsp3) is 0.265. The molecule has 2 saturated heterocycles. The number of nitrogens with zero attached hydrogens (tertiary/aromatic N) is 4. The molecule has 4 amide bonds. The highest BCUT2D eigenvalue weighted by Gasteiger charge is 2.50. The molecule has 0 aliphatic carbocycles. The zero-order valence-corrected chi connectivity index (χ0v) is 24.3. The summed E-state index contributed by atoms with van der Waals surface area (Å²) in [6.07, 6.45) is -0.436. The molecule has 0 unspecified atom stereocenters. The Kier molecular flexibility index (Phi) is 7.73. The third kappa shape index (κ3) is 5.63. The molecule has 9 nitrogen and oxygen atoms in total. The van der Waals surface area contributed by atoms with Gasteiger partial charge < -0.3 is 20.2 Å². The molecule has 220 valence electrons. The first-order chi connectivity index (χ1) is 20.8. The quantitative estimate of drug-likeness (QED) is 0.361. The van der Waals surface area contributed by atoms with Crippen LogP contribution in [0.5, 0.6) is 5.75 Å². The molecule has 0 bridgehead atoms. The number of rotatable bonds is 6. The molecular formula is C34H35N5O4.